The summed E-state index contributed by atoms with van der Waals surface area (Å²) in [5.74, 6) is -3.83. The topological polar surface area (TPSA) is 46.5 Å². The minimum atomic E-state index is -5.15. The van der Waals surface area contributed by atoms with E-state index in [4.69, 9.17) is 16.3 Å². The second-order valence-corrected chi connectivity index (χ2v) is 5.41. The van der Waals surface area contributed by atoms with Crippen molar-refractivity contribution in [1.82, 2.24) is 0 Å². The standard InChI is InChI=1S/C14H15ClF4O3/c1-7(8(2)13(21,6-20)14(17,18)19)9-4-5-10(15)11(16)12(9)22-3/h4-8,21H,1-3H3. The van der Waals surface area contributed by atoms with E-state index >= 15 is 0 Å². The molecule has 0 aliphatic heterocycles. The van der Waals surface area contributed by atoms with E-state index in [-0.39, 0.29) is 16.3 Å². The molecule has 0 spiro atoms. The highest BCUT2D eigenvalue weighted by atomic mass is 35.5. The molecule has 0 amide bonds. The molecule has 22 heavy (non-hydrogen) atoms. The van der Waals surface area contributed by atoms with Gasteiger partial charge in [-0.05, 0) is 12.0 Å². The number of benzene rings is 1. The van der Waals surface area contributed by atoms with E-state index in [1.807, 2.05) is 0 Å². The Morgan fingerprint density at radius 2 is 1.86 bits per heavy atom. The maximum Gasteiger partial charge on any atom is 0.424 e. The van der Waals surface area contributed by atoms with Gasteiger partial charge in [-0.15, -0.1) is 0 Å². The predicted octanol–water partition coefficient (Wildman–Crippen LogP) is 3.72. The van der Waals surface area contributed by atoms with Crippen molar-refractivity contribution >= 4 is 17.9 Å². The van der Waals surface area contributed by atoms with Gasteiger partial charge in [0.05, 0.1) is 12.1 Å². The van der Waals surface area contributed by atoms with E-state index in [2.05, 4.69) is 0 Å². The molecule has 0 aliphatic carbocycles. The summed E-state index contributed by atoms with van der Waals surface area (Å²) in [6, 6.07) is 2.47. The molecule has 0 radical (unpaired) electrons. The molecule has 0 aromatic heterocycles. The van der Waals surface area contributed by atoms with Crippen molar-refractivity contribution in [2.24, 2.45) is 5.92 Å². The zero-order chi connectivity index (χ0) is 17.3. The molecule has 1 aromatic carbocycles. The van der Waals surface area contributed by atoms with Crippen molar-refractivity contribution in [3.8, 4) is 5.75 Å². The Bertz CT molecular complexity index is 562. The van der Waals surface area contributed by atoms with Crippen LogP contribution in [0.25, 0.3) is 0 Å². The number of alkyl halides is 3. The van der Waals surface area contributed by atoms with E-state index in [0.717, 1.165) is 14.0 Å². The highest BCUT2D eigenvalue weighted by Gasteiger charge is 2.58. The maximum absolute atomic E-state index is 13.9. The lowest BCUT2D eigenvalue weighted by atomic mass is 9.77. The van der Waals surface area contributed by atoms with Crippen LogP contribution in [-0.4, -0.2) is 30.3 Å². The molecule has 0 saturated heterocycles. The molecule has 0 heterocycles. The first kappa shape index (κ1) is 18.7. The second-order valence-electron chi connectivity index (χ2n) is 5.00. The van der Waals surface area contributed by atoms with Gasteiger partial charge in [0.25, 0.3) is 0 Å². The first-order valence-corrected chi connectivity index (χ1v) is 6.66. The summed E-state index contributed by atoms with van der Waals surface area (Å²) >= 11 is 5.60. The zero-order valence-corrected chi connectivity index (χ0v) is 12.8. The minimum Gasteiger partial charge on any atom is -0.493 e. The van der Waals surface area contributed by atoms with E-state index < -0.39 is 35.7 Å². The number of methoxy groups -OCH3 is 1. The van der Waals surface area contributed by atoms with Gasteiger partial charge >= 0.3 is 6.18 Å². The van der Waals surface area contributed by atoms with Crippen LogP contribution in [-0.2, 0) is 4.79 Å². The lowest BCUT2D eigenvalue weighted by Crippen LogP contribution is -2.53. The molecule has 3 nitrogen and oxygen atoms in total. The SMILES string of the molecule is COc1c(C(C)C(C)C(O)(C=O)C(F)(F)F)ccc(Cl)c1F. The molecule has 3 atom stereocenters. The quantitative estimate of drug-likeness (QED) is 0.655. The molecular weight excluding hydrogens is 328 g/mol. The summed E-state index contributed by atoms with van der Waals surface area (Å²) < 4.78 is 57.6. The number of carbonyl (C=O) groups excluding carboxylic acids is 1. The van der Waals surface area contributed by atoms with Gasteiger partial charge < -0.3 is 9.84 Å². The molecule has 0 saturated carbocycles. The van der Waals surface area contributed by atoms with E-state index in [9.17, 15) is 27.5 Å². The smallest absolute Gasteiger partial charge is 0.424 e. The van der Waals surface area contributed by atoms with Crippen LogP contribution < -0.4 is 4.74 Å². The monoisotopic (exact) mass is 342 g/mol. The van der Waals surface area contributed by atoms with Crippen LogP contribution in [0.2, 0.25) is 5.02 Å². The van der Waals surface area contributed by atoms with Crippen molar-refractivity contribution in [2.75, 3.05) is 7.11 Å². The molecular formula is C14H15ClF4O3. The molecule has 1 aromatic rings. The molecule has 124 valence electrons. The number of halogens is 5. The third kappa shape index (κ3) is 3.05. The fourth-order valence-electron chi connectivity index (χ4n) is 2.20. The van der Waals surface area contributed by atoms with E-state index in [0.29, 0.717) is 0 Å². The summed E-state index contributed by atoms with van der Waals surface area (Å²) in [6.07, 6.45) is -5.70. The number of rotatable bonds is 5. The number of aliphatic hydroxyl groups is 1. The van der Waals surface area contributed by atoms with Gasteiger partial charge in [0, 0.05) is 11.5 Å². The van der Waals surface area contributed by atoms with Crippen LogP contribution >= 0.6 is 11.6 Å². The van der Waals surface area contributed by atoms with Gasteiger partial charge in [-0.3, -0.25) is 4.79 Å². The number of hydrogen-bond acceptors (Lipinski definition) is 3. The minimum absolute atomic E-state index is 0.0708. The van der Waals surface area contributed by atoms with Gasteiger partial charge in [0.15, 0.2) is 17.9 Å². The second kappa shape index (κ2) is 6.42. The van der Waals surface area contributed by atoms with E-state index in [1.165, 1.54) is 19.1 Å². The molecule has 8 heteroatoms. The summed E-state index contributed by atoms with van der Waals surface area (Å²) in [6.45, 7) is 2.38. The zero-order valence-electron chi connectivity index (χ0n) is 12.0. The largest absolute Gasteiger partial charge is 0.493 e. The first-order chi connectivity index (χ1) is 10.0. The lowest BCUT2D eigenvalue weighted by molar-refractivity contribution is -0.261. The fraction of sp³-hybridized carbons (Fsp3) is 0.500. The van der Waals surface area contributed by atoms with Crippen LogP contribution in [0.1, 0.15) is 25.3 Å². The number of carbonyl (C=O) groups is 1. The van der Waals surface area contributed by atoms with Gasteiger partial charge in [-0.25, -0.2) is 4.39 Å². The van der Waals surface area contributed by atoms with Gasteiger partial charge in [-0.2, -0.15) is 13.2 Å². The number of aldehydes is 1. The highest BCUT2D eigenvalue weighted by Crippen LogP contribution is 2.44. The maximum atomic E-state index is 13.9. The summed E-state index contributed by atoms with van der Waals surface area (Å²) in [5.41, 5.74) is -3.48. The van der Waals surface area contributed by atoms with Crippen LogP contribution in [0.15, 0.2) is 12.1 Å². The Labute approximate surface area is 129 Å². The van der Waals surface area contributed by atoms with E-state index in [1.54, 1.807) is 0 Å². The Morgan fingerprint density at radius 1 is 1.32 bits per heavy atom. The average Bonchev–Trinajstić information content (AvgIpc) is 2.46. The molecule has 1 rings (SSSR count). The Morgan fingerprint density at radius 3 is 2.27 bits per heavy atom. The highest BCUT2D eigenvalue weighted by molar-refractivity contribution is 6.30. The average molecular weight is 343 g/mol. The van der Waals surface area contributed by atoms with Crippen molar-refractivity contribution in [3.05, 3.63) is 28.5 Å². The third-order valence-corrected chi connectivity index (χ3v) is 4.15. The van der Waals surface area contributed by atoms with Crippen molar-refractivity contribution in [3.63, 3.8) is 0 Å². The molecule has 0 aliphatic rings. The third-order valence-electron chi connectivity index (χ3n) is 3.85. The van der Waals surface area contributed by atoms with Crippen LogP contribution in [0.5, 0.6) is 5.75 Å². The molecule has 1 N–H and O–H groups in total. The fourth-order valence-corrected chi connectivity index (χ4v) is 2.34. The lowest BCUT2D eigenvalue weighted by Gasteiger charge is -2.35. The van der Waals surface area contributed by atoms with Crippen LogP contribution in [0, 0.1) is 11.7 Å². The Balaban J connectivity index is 3.35. The van der Waals surface area contributed by atoms with Crippen molar-refractivity contribution in [1.29, 1.82) is 0 Å². The predicted molar refractivity (Wildman–Crippen MR) is 72.6 cm³/mol. The van der Waals surface area contributed by atoms with Crippen molar-refractivity contribution in [2.45, 2.75) is 31.5 Å². The summed E-state index contributed by atoms with van der Waals surface area (Å²) in [5, 5.41) is 9.44. The van der Waals surface area contributed by atoms with Crippen LogP contribution in [0.4, 0.5) is 17.6 Å². The number of hydrogen-bond donors (Lipinski definition) is 1. The Kier molecular flexibility index (Phi) is 5.46. The molecule has 0 fully saturated rings. The van der Waals surface area contributed by atoms with Gasteiger partial charge in [-0.1, -0.05) is 31.5 Å². The van der Waals surface area contributed by atoms with Crippen LogP contribution in [0.3, 0.4) is 0 Å². The van der Waals surface area contributed by atoms with Crippen molar-refractivity contribution < 1.29 is 32.2 Å². The Hall–Kier alpha value is -1.34. The summed E-state index contributed by atoms with van der Waals surface area (Å²) in [4.78, 5) is 10.8. The normalized spacial score (nSPS) is 17.5. The van der Waals surface area contributed by atoms with Gasteiger partial charge in [0.2, 0.25) is 5.60 Å². The molecule has 3 unspecified atom stereocenters. The molecule has 0 bridgehead atoms. The summed E-state index contributed by atoms with van der Waals surface area (Å²) in [7, 11) is 1.14. The first-order valence-electron chi connectivity index (χ1n) is 6.28. The van der Waals surface area contributed by atoms with Gasteiger partial charge in [0.1, 0.15) is 0 Å². The number of ether oxygens (including phenoxy) is 1.